The molecule has 2 rings (SSSR count). The lowest BCUT2D eigenvalue weighted by Gasteiger charge is -2.31. The molecular weight excluding hydrogens is 297 g/mol. The number of hydrogen-bond donors (Lipinski definition) is 1. The summed E-state index contributed by atoms with van der Waals surface area (Å²) in [6.07, 6.45) is 3.49. The van der Waals surface area contributed by atoms with E-state index in [1.807, 2.05) is 20.0 Å². The first-order chi connectivity index (χ1) is 9.67. The average molecular weight is 318 g/mol. The summed E-state index contributed by atoms with van der Waals surface area (Å²) in [6.45, 7) is 3.30. The molecule has 112 valence electrons. The lowest BCUT2D eigenvalue weighted by Crippen LogP contribution is -2.34. The van der Waals surface area contributed by atoms with Crippen molar-refractivity contribution in [3.8, 4) is 5.75 Å². The van der Waals surface area contributed by atoms with Gasteiger partial charge in [-0.05, 0) is 44.9 Å². The molecule has 1 saturated heterocycles. The molecule has 2 atom stereocenters. The van der Waals surface area contributed by atoms with Gasteiger partial charge in [0.1, 0.15) is 5.75 Å². The van der Waals surface area contributed by atoms with E-state index >= 15 is 0 Å². The van der Waals surface area contributed by atoms with Gasteiger partial charge >= 0.3 is 0 Å². The second-order valence-electron chi connectivity index (χ2n) is 4.91. The van der Waals surface area contributed by atoms with Crippen LogP contribution >= 0.6 is 23.2 Å². The molecule has 0 spiro atoms. The number of ether oxygens (including phenoxy) is 2. The van der Waals surface area contributed by atoms with Crippen LogP contribution in [-0.4, -0.2) is 26.4 Å². The summed E-state index contributed by atoms with van der Waals surface area (Å²) in [5.41, 5.74) is 0.967. The highest BCUT2D eigenvalue weighted by Crippen LogP contribution is 2.37. The first-order valence-electron chi connectivity index (χ1n) is 7.08. The van der Waals surface area contributed by atoms with Gasteiger partial charge in [0.15, 0.2) is 0 Å². The lowest BCUT2D eigenvalue weighted by molar-refractivity contribution is -0.00661. The van der Waals surface area contributed by atoms with Gasteiger partial charge in [-0.2, -0.15) is 0 Å². The van der Waals surface area contributed by atoms with E-state index in [1.54, 1.807) is 6.07 Å². The Morgan fingerprint density at radius 2 is 2.15 bits per heavy atom. The molecule has 0 amide bonds. The SMILES string of the molecule is CCOc1cc(Cl)c(C(NC)C2CCCCO2)cc1Cl. The Hall–Kier alpha value is -0.480. The number of rotatable bonds is 5. The number of likely N-dealkylation sites (N-methyl/N-ethyl adjacent to an activating group) is 1. The maximum absolute atomic E-state index is 6.40. The third-order valence-corrected chi connectivity index (χ3v) is 4.21. The summed E-state index contributed by atoms with van der Waals surface area (Å²) in [5.74, 6) is 0.627. The zero-order valence-electron chi connectivity index (χ0n) is 11.9. The van der Waals surface area contributed by atoms with Crippen molar-refractivity contribution in [1.82, 2.24) is 5.32 Å². The minimum absolute atomic E-state index is 0.0518. The monoisotopic (exact) mass is 317 g/mol. The van der Waals surface area contributed by atoms with E-state index in [-0.39, 0.29) is 12.1 Å². The maximum atomic E-state index is 6.40. The van der Waals surface area contributed by atoms with Crippen molar-refractivity contribution in [1.29, 1.82) is 0 Å². The molecule has 1 fully saturated rings. The predicted molar refractivity (Wildman–Crippen MR) is 83.0 cm³/mol. The Kier molecular flexibility index (Phi) is 5.97. The number of nitrogens with one attached hydrogen (secondary N) is 1. The molecular formula is C15H21Cl2NO2. The van der Waals surface area contributed by atoms with Crippen LogP contribution in [0.4, 0.5) is 0 Å². The van der Waals surface area contributed by atoms with Crippen molar-refractivity contribution >= 4 is 23.2 Å². The fourth-order valence-corrected chi connectivity index (χ4v) is 3.12. The van der Waals surface area contributed by atoms with Gasteiger partial charge in [0, 0.05) is 17.7 Å². The summed E-state index contributed by atoms with van der Waals surface area (Å²) in [6, 6.07) is 3.72. The molecule has 1 heterocycles. The van der Waals surface area contributed by atoms with Crippen LogP contribution in [0.15, 0.2) is 12.1 Å². The second kappa shape index (κ2) is 7.51. The summed E-state index contributed by atoms with van der Waals surface area (Å²) in [5, 5.41) is 4.54. The van der Waals surface area contributed by atoms with Crippen LogP contribution in [0.3, 0.4) is 0 Å². The van der Waals surface area contributed by atoms with Crippen molar-refractivity contribution in [2.24, 2.45) is 0 Å². The van der Waals surface area contributed by atoms with Crippen LogP contribution < -0.4 is 10.1 Å². The predicted octanol–water partition coefficient (Wildman–Crippen LogP) is 4.22. The van der Waals surface area contributed by atoms with Crippen LogP contribution in [0.25, 0.3) is 0 Å². The van der Waals surface area contributed by atoms with E-state index in [1.165, 1.54) is 6.42 Å². The molecule has 5 heteroatoms. The topological polar surface area (TPSA) is 30.5 Å². The molecule has 1 aromatic carbocycles. The quantitative estimate of drug-likeness (QED) is 0.881. The summed E-state index contributed by atoms with van der Waals surface area (Å²) < 4.78 is 11.3. The third-order valence-electron chi connectivity index (χ3n) is 3.58. The Bertz CT molecular complexity index is 448. The Morgan fingerprint density at radius 1 is 1.35 bits per heavy atom. The highest BCUT2D eigenvalue weighted by atomic mass is 35.5. The van der Waals surface area contributed by atoms with Crippen LogP contribution in [0, 0.1) is 0 Å². The smallest absolute Gasteiger partial charge is 0.139 e. The first kappa shape index (κ1) is 15.9. The van der Waals surface area contributed by atoms with Gasteiger partial charge in [-0.25, -0.2) is 0 Å². The van der Waals surface area contributed by atoms with Gasteiger partial charge in [0.25, 0.3) is 0 Å². The van der Waals surface area contributed by atoms with E-state index in [0.717, 1.165) is 25.0 Å². The van der Waals surface area contributed by atoms with Crippen molar-refractivity contribution in [2.45, 2.75) is 38.3 Å². The number of halogens is 2. The molecule has 0 radical (unpaired) electrons. The maximum Gasteiger partial charge on any atom is 0.139 e. The highest BCUT2D eigenvalue weighted by molar-refractivity contribution is 6.34. The van der Waals surface area contributed by atoms with E-state index in [2.05, 4.69) is 5.32 Å². The summed E-state index contributed by atoms with van der Waals surface area (Å²) in [4.78, 5) is 0. The summed E-state index contributed by atoms with van der Waals surface area (Å²) >= 11 is 12.7. The number of benzene rings is 1. The van der Waals surface area contributed by atoms with Crippen LogP contribution in [0.2, 0.25) is 10.0 Å². The molecule has 2 unspecified atom stereocenters. The normalized spacial score (nSPS) is 20.7. The molecule has 1 aliphatic heterocycles. The Labute approximate surface area is 130 Å². The van der Waals surface area contributed by atoms with E-state index < -0.39 is 0 Å². The molecule has 3 nitrogen and oxygen atoms in total. The standard InChI is InChI=1S/C15H21Cl2NO2/c1-3-19-14-9-11(16)10(8-12(14)17)15(18-2)13-6-4-5-7-20-13/h8-9,13,15,18H,3-7H2,1-2H3. The zero-order valence-corrected chi connectivity index (χ0v) is 13.4. The molecule has 0 aromatic heterocycles. The van der Waals surface area contributed by atoms with Gasteiger partial charge < -0.3 is 14.8 Å². The largest absolute Gasteiger partial charge is 0.492 e. The zero-order chi connectivity index (χ0) is 14.5. The Morgan fingerprint density at radius 3 is 2.75 bits per heavy atom. The van der Waals surface area contributed by atoms with Crippen LogP contribution in [-0.2, 0) is 4.74 Å². The highest BCUT2D eigenvalue weighted by Gasteiger charge is 2.27. The van der Waals surface area contributed by atoms with Gasteiger partial charge in [-0.15, -0.1) is 0 Å². The van der Waals surface area contributed by atoms with Gasteiger partial charge in [0.2, 0.25) is 0 Å². The van der Waals surface area contributed by atoms with Gasteiger partial charge in [-0.3, -0.25) is 0 Å². The fraction of sp³-hybridized carbons (Fsp3) is 0.600. The molecule has 0 saturated carbocycles. The Balaban J connectivity index is 2.27. The van der Waals surface area contributed by atoms with Crippen molar-refractivity contribution < 1.29 is 9.47 Å². The first-order valence-corrected chi connectivity index (χ1v) is 7.83. The van der Waals surface area contributed by atoms with E-state index in [9.17, 15) is 0 Å². The fourth-order valence-electron chi connectivity index (χ4n) is 2.62. The van der Waals surface area contributed by atoms with E-state index in [0.29, 0.717) is 22.4 Å². The van der Waals surface area contributed by atoms with Crippen LogP contribution in [0.5, 0.6) is 5.75 Å². The molecule has 1 N–H and O–H groups in total. The molecule has 0 aliphatic carbocycles. The van der Waals surface area contributed by atoms with Gasteiger partial charge in [-0.1, -0.05) is 23.2 Å². The molecule has 1 aromatic rings. The second-order valence-corrected chi connectivity index (χ2v) is 5.72. The van der Waals surface area contributed by atoms with Crippen molar-refractivity contribution in [2.75, 3.05) is 20.3 Å². The molecule has 0 bridgehead atoms. The van der Waals surface area contributed by atoms with Crippen molar-refractivity contribution in [3.63, 3.8) is 0 Å². The summed E-state index contributed by atoms with van der Waals surface area (Å²) in [7, 11) is 1.92. The third kappa shape index (κ3) is 3.59. The minimum atomic E-state index is 0.0518. The van der Waals surface area contributed by atoms with Crippen LogP contribution in [0.1, 0.15) is 37.8 Å². The average Bonchev–Trinajstić information content (AvgIpc) is 2.46. The minimum Gasteiger partial charge on any atom is -0.492 e. The molecule has 20 heavy (non-hydrogen) atoms. The number of hydrogen-bond acceptors (Lipinski definition) is 3. The van der Waals surface area contributed by atoms with Gasteiger partial charge in [0.05, 0.1) is 23.8 Å². The van der Waals surface area contributed by atoms with E-state index in [4.69, 9.17) is 32.7 Å². The molecule has 1 aliphatic rings. The lowest BCUT2D eigenvalue weighted by atomic mass is 9.95. The van der Waals surface area contributed by atoms with Crippen molar-refractivity contribution in [3.05, 3.63) is 27.7 Å².